The minimum Gasteiger partial charge on any atom is -0.481 e. The van der Waals surface area contributed by atoms with Crippen LogP contribution in [-0.4, -0.2) is 66.2 Å². The van der Waals surface area contributed by atoms with Gasteiger partial charge in [-0.05, 0) is 26.4 Å². The van der Waals surface area contributed by atoms with Gasteiger partial charge in [-0.25, -0.2) is 4.79 Å². The number of urea groups is 1. The SMILES string of the molecule is CCN(CC)CC(C)NC(=O)N(C)CCCC(=O)O. The van der Waals surface area contributed by atoms with E-state index in [4.69, 9.17) is 5.11 Å². The molecule has 0 saturated heterocycles. The number of rotatable bonds is 9. The number of hydrogen-bond acceptors (Lipinski definition) is 3. The Balaban J connectivity index is 3.96. The predicted molar refractivity (Wildman–Crippen MR) is 75.3 cm³/mol. The molecule has 0 fully saturated rings. The maximum Gasteiger partial charge on any atom is 0.317 e. The smallest absolute Gasteiger partial charge is 0.317 e. The summed E-state index contributed by atoms with van der Waals surface area (Å²) in [6.45, 7) is 9.36. The Morgan fingerprint density at radius 1 is 1.26 bits per heavy atom. The number of nitrogens with zero attached hydrogens (tertiary/aromatic N) is 2. The standard InChI is InChI=1S/C13H27N3O3/c1-5-16(6-2)10-11(3)14-13(19)15(4)9-7-8-12(17)18/h11H,5-10H2,1-4H3,(H,14,19)(H,17,18). The highest BCUT2D eigenvalue weighted by Crippen LogP contribution is 1.96. The van der Waals surface area contributed by atoms with E-state index in [9.17, 15) is 9.59 Å². The van der Waals surface area contributed by atoms with Crippen molar-refractivity contribution in [2.24, 2.45) is 0 Å². The van der Waals surface area contributed by atoms with Gasteiger partial charge in [0, 0.05) is 32.6 Å². The highest BCUT2D eigenvalue weighted by molar-refractivity contribution is 5.74. The summed E-state index contributed by atoms with van der Waals surface area (Å²) in [5, 5.41) is 11.5. The van der Waals surface area contributed by atoms with E-state index in [0.29, 0.717) is 13.0 Å². The third-order valence-electron chi connectivity index (χ3n) is 3.03. The average molecular weight is 273 g/mol. The topological polar surface area (TPSA) is 72.9 Å². The van der Waals surface area contributed by atoms with E-state index in [1.165, 1.54) is 4.90 Å². The Hall–Kier alpha value is -1.30. The molecule has 0 spiro atoms. The average Bonchev–Trinajstić information content (AvgIpc) is 2.35. The van der Waals surface area contributed by atoms with Crippen molar-refractivity contribution in [3.8, 4) is 0 Å². The minimum atomic E-state index is -0.830. The molecule has 0 aromatic rings. The molecule has 0 radical (unpaired) electrons. The van der Waals surface area contributed by atoms with E-state index in [-0.39, 0.29) is 18.5 Å². The fraction of sp³-hybridized carbons (Fsp3) is 0.846. The Bertz CT molecular complexity index is 280. The number of amides is 2. The van der Waals surface area contributed by atoms with E-state index < -0.39 is 5.97 Å². The van der Waals surface area contributed by atoms with Crippen LogP contribution in [0.15, 0.2) is 0 Å². The third-order valence-corrected chi connectivity index (χ3v) is 3.03. The summed E-state index contributed by atoms with van der Waals surface area (Å²) in [5.74, 6) is -0.830. The first kappa shape index (κ1) is 17.7. The highest BCUT2D eigenvalue weighted by Gasteiger charge is 2.13. The molecule has 0 aliphatic rings. The van der Waals surface area contributed by atoms with Gasteiger partial charge in [-0.15, -0.1) is 0 Å². The molecule has 6 heteroatoms. The van der Waals surface area contributed by atoms with E-state index in [2.05, 4.69) is 24.1 Å². The molecule has 2 amide bonds. The first-order valence-electron chi connectivity index (χ1n) is 6.86. The Morgan fingerprint density at radius 3 is 2.32 bits per heavy atom. The molecular weight excluding hydrogens is 246 g/mol. The van der Waals surface area contributed by atoms with Gasteiger partial charge >= 0.3 is 12.0 Å². The fourth-order valence-electron chi connectivity index (χ4n) is 1.80. The predicted octanol–water partition coefficient (Wildman–Crippen LogP) is 1.22. The number of carbonyl (C=O) groups is 2. The molecule has 0 bridgehead atoms. The lowest BCUT2D eigenvalue weighted by atomic mass is 10.3. The van der Waals surface area contributed by atoms with Crippen LogP contribution in [0.1, 0.15) is 33.6 Å². The lowest BCUT2D eigenvalue weighted by molar-refractivity contribution is -0.137. The summed E-state index contributed by atoms with van der Waals surface area (Å²) in [4.78, 5) is 26.0. The van der Waals surface area contributed by atoms with Gasteiger partial charge in [0.05, 0.1) is 0 Å². The molecular formula is C13H27N3O3. The van der Waals surface area contributed by atoms with Crippen molar-refractivity contribution in [1.29, 1.82) is 0 Å². The molecule has 0 aliphatic heterocycles. The zero-order valence-electron chi connectivity index (χ0n) is 12.5. The van der Waals surface area contributed by atoms with Crippen molar-refractivity contribution < 1.29 is 14.7 Å². The van der Waals surface area contributed by atoms with Crippen LogP contribution in [0.2, 0.25) is 0 Å². The van der Waals surface area contributed by atoms with Crippen LogP contribution in [0.3, 0.4) is 0 Å². The largest absolute Gasteiger partial charge is 0.481 e. The van der Waals surface area contributed by atoms with Gasteiger partial charge in [0.2, 0.25) is 0 Å². The van der Waals surface area contributed by atoms with E-state index in [1.807, 2.05) is 6.92 Å². The van der Waals surface area contributed by atoms with Crippen LogP contribution in [0, 0.1) is 0 Å². The molecule has 0 rings (SSSR count). The van der Waals surface area contributed by atoms with Crippen molar-refractivity contribution in [3.05, 3.63) is 0 Å². The minimum absolute atomic E-state index is 0.0781. The number of hydrogen-bond donors (Lipinski definition) is 2. The lowest BCUT2D eigenvalue weighted by Gasteiger charge is -2.25. The van der Waals surface area contributed by atoms with Gasteiger partial charge < -0.3 is 20.2 Å². The van der Waals surface area contributed by atoms with Crippen LogP contribution in [0.4, 0.5) is 4.79 Å². The molecule has 0 aliphatic carbocycles. The number of likely N-dealkylation sites (N-methyl/N-ethyl adjacent to an activating group) is 1. The quantitative estimate of drug-likeness (QED) is 0.662. The Morgan fingerprint density at radius 2 is 1.84 bits per heavy atom. The summed E-state index contributed by atoms with van der Waals surface area (Å²) in [5.41, 5.74) is 0. The second-order valence-electron chi connectivity index (χ2n) is 4.76. The summed E-state index contributed by atoms with van der Waals surface area (Å²) < 4.78 is 0. The Kier molecular flexibility index (Phi) is 8.95. The van der Waals surface area contributed by atoms with Crippen LogP contribution >= 0.6 is 0 Å². The Labute approximate surface area is 115 Å². The molecule has 1 atom stereocenters. The van der Waals surface area contributed by atoms with Gasteiger partial charge in [0.1, 0.15) is 0 Å². The third kappa shape index (κ3) is 8.42. The summed E-state index contributed by atoms with van der Waals surface area (Å²) >= 11 is 0. The monoisotopic (exact) mass is 273 g/mol. The molecule has 19 heavy (non-hydrogen) atoms. The normalized spacial score (nSPS) is 12.3. The van der Waals surface area contributed by atoms with Crippen molar-refractivity contribution in [1.82, 2.24) is 15.1 Å². The molecule has 0 heterocycles. The number of aliphatic carboxylic acids is 1. The van der Waals surface area contributed by atoms with Gasteiger partial charge in [-0.3, -0.25) is 4.79 Å². The van der Waals surface area contributed by atoms with Crippen LogP contribution in [0.5, 0.6) is 0 Å². The molecule has 0 aromatic carbocycles. The number of carboxylic acid groups (broad SMARTS) is 1. The van der Waals surface area contributed by atoms with E-state index >= 15 is 0 Å². The van der Waals surface area contributed by atoms with E-state index in [1.54, 1.807) is 7.05 Å². The second kappa shape index (κ2) is 9.61. The lowest BCUT2D eigenvalue weighted by Crippen LogP contribution is -2.47. The van der Waals surface area contributed by atoms with Crippen molar-refractivity contribution in [2.45, 2.75) is 39.7 Å². The van der Waals surface area contributed by atoms with Crippen molar-refractivity contribution in [2.75, 3.05) is 33.2 Å². The van der Waals surface area contributed by atoms with Crippen LogP contribution in [0.25, 0.3) is 0 Å². The highest BCUT2D eigenvalue weighted by atomic mass is 16.4. The number of carboxylic acids is 1. The van der Waals surface area contributed by atoms with Crippen molar-refractivity contribution in [3.63, 3.8) is 0 Å². The van der Waals surface area contributed by atoms with Gasteiger partial charge in [0.15, 0.2) is 0 Å². The van der Waals surface area contributed by atoms with Crippen LogP contribution in [-0.2, 0) is 4.79 Å². The molecule has 0 aromatic heterocycles. The fourth-order valence-corrected chi connectivity index (χ4v) is 1.80. The molecule has 2 N–H and O–H groups in total. The molecule has 0 saturated carbocycles. The zero-order valence-corrected chi connectivity index (χ0v) is 12.5. The zero-order chi connectivity index (χ0) is 14.8. The molecule has 112 valence electrons. The first-order valence-corrected chi connectivity index (χ1v) is 6.86. The summed E-state index contributed by atoms with van der Waals surface area (Å²) in [7, 11) is 1.68. The summed E-state index contributed by atoms with van der Waals surface area (Å²) in [6, 6.07) is -0.0700. The maximum atomic E-state index is 11.8. The van der Waals surface area contributed by atoms with Gasteiger partial charge in [-0.2, -0.15) is 0 Å². The molecule has 1 unspecified atom stereocenters. The first-order chi connectivity index (χ1) is 8.90. The van der Waals surface area contributed by atoms with Gasteiger partial charge in [-0.1, -0.05) is 13.8 Å². The van der Waals surface area contributed by atoms with E-state index in [0.717, 1.165) is 19.6 Å². The summed E-state index contributed by atoms with van der Waals surface area (Å²) in [6.07, 6.45) is 0.566. The maximum absolute atomic E-state index is 11.8. The van der Waals surface area contributed by atoms with Crippen LogP contribution < -0.4 is 5.32 Å². The second-order valence-corrected chi connectivity index (χ2v) is 4.76. The molecule has 6 nitrogen and oxygen atoms in total. The number of nitrogens with one attached hydrogen (secondary N) is 1. The van der Waals surface area contributed by atoms with Crippen molar-refractivity contribution >= 4 is 12.0 Å². The van der Waals surface area contributed by atoms with Gasteiger partial charge in [0.25, 0.3) is 0 Å². The number of carbonyl (C=O) groups excluding carboxylic acids is 1.